The summed E-state index contributed by atoms with van der Waals surface area (Å²) in [6.07, 6.45) is 3.30. The average Bonchev–Trinajstić information content (AvgIpc) is 2.68. The number of nitrogens with one attached hydrogen (secondary N) is 2. The van der Waals surface area contributed by atoms with Crippen molar-refractivity contribution in [1.82, 2.24) is 9.97 Å². The fraction of sp³-hybridized carbons (Fsp3) is 0.190. The van der Waals surface area contributed by atoms with Gasteiger partial charge in [-0.05, 0) is 42.8 Å². The van der Waals surface area contributed by atoms with E-state index in [1.807, 2.05) is 31.2 Å². The Balaban J connectivity index is 1.80. The van der Waals surface area contributed by atoms with Gasteiger partial charge in [0.05, 0.1) is 31.2 Å². The molecule has 0 bridgehead atoms. The number of aromatic nitrogens is 2. The molecule has 1 aromatic heterocycles. The summed E-state index contributed by atoms with van der Waals surface area (Å²) in [5.74, 6) is 0.949. The third kappa shape index (κ3) is 4.56. The van der Waals surface area contributed by atoms with Crippen LogP contribution < -0.4 is 15.4 Å². The largest absolute Gasteiger partial charge is 0.504 e. The Morgan fingerprint density at radius 2 is 2.00 bits per heavy atom. The molecule has 7 nitrogen and oxygen atoms in total. The molecule has 3 aromatic rings. The molecule has 7 heteroatoms. The summed E-state index contributed by atoms with van der Waals surface area (Å²) < 4.78 is 5.15. The van der Waals surface area contributed by atoms with Crippen molar-refractivity contribution in [2.24, 2.45) is 0 Å². The first-order chi connectivity index (χ1) is 13.5. The van der Waals surface area contributed by atoms with E-state index in [1.165, 1.54) is 14.0 Å². The monoisotopic (exact) mass is 378 g/mol. The molecule has 2 aromatic carbocycles. The topological polar surface area (TPSA) is 96.4 Å². The average molecular weight is 378 g/mol. The zero-order valence-corrected chi connectivity index (χ0v) is 15.9. The Morgan fingerprint density at radius 1 is 1.18 bits per heavy atom. The lowest BCUT2D eigenvalue weighted by atomic mass is 10.1. The maximum atomic E-state index is 11.3. The maximum absolute atomic E-state index is 11.3. The number of phenolic OH excluding ortho intramolecular Hbond substituents is 1. The van der Waals surface area contributed by atoms with Crippen LogP contribution in [0.3, 0.4) is 0 Å². The molecule has 0 saturated heterocycles. The third-order valence-electron chi connectivity index (χ3n) is 4.18. The van der Waals surface area contributed by atoms with E-state index in [2.05, 4.69) is 20.6 Å². The Labute approximate surface area is 163 Å². The zero-order valence-electron chi connectivity index (χ0n) is 15.9. The van der Waals surface area contributed by atoms with Crippen LogP contribution in [0.2, 0.25) is 0 Å². The second-order valence-corrected chi connectivity index (χ2v) is 6.35. The number of phenols is 1. The number of benzene rings is 2. The summed E-state index contributed by atoms with van der Waals surface area (Å²) in [6.45, 7) is 3.48. The molecule has 0 radical (unpaired) electrons. The van der Waals surface area contributed by atoms with Gasteiger partial charge in [-0.2, -0.15) is 0 Å². The number of carbonyl (C=O) groups excluding carboxylic acids is 1. The van der Waals surface area contributed by atoms with Crippen molar-refractivity contribution < 1.29 is 14.6 Å². The Morgan fingerprint density at radius 3 is 2.75 bits per heavy atom. The van der Waals surface area contributed by atoms with Crippen LogP contribution in [0.15, 0.2) is 54.9 Å². The summed E-state index contributed by atoms with van der Waals surface area (Å²) in [4.78, 5) is 20.1. The van der Waals surface area contributed by atoms with Crippen molar-refractivity contribution in [3.8, 4) is 22.8 Å². The molecule has 0 fully saturated rings. The van der Waals surface area contributed by atoms with Crippen molar-refractivity contribution in [2.75, 3.05) is 17.7 Å². The number of rotatable bonds is 6. The second kappa shape index (κ2) is 8.39. The van der Waals surface area contributed by atoms with Crippen LogP contribution in [0.5, 0.6) is 11.5 Å². The fourth-order valence-electron chi connectivity index (χ4n) is 2.81. The van der Waals surface area contributed by atoms with Gasteiger partial charge >= 0.3 is 0 Å². The molecule has 0 aliphatic heterocycles. The van der Waals surface area contributed by atoms with Gasteiger partial charge in [0.1, 0.15) is 5.82 Å². The van der Waals surface area contributed by atoms with Crippen molar-refractivity contribution in [3.63, 3.8) is 0 Å². The third-order valence-corrected chi connectivity index (χ3v) is 4.18. The lowest BCUT2D eigenvalue weighted by Gasteiger charge is -2.16. The Hall–Kier alpha value is -3.61. The van der Waals surface area contributed by atoms with E-state index in [1.54, 1.807) is 30.6 Å². The molecule has 28 heavy (non-hydrogen) atoms. The van der Waals surface area contributed by atoms with Gasteiger partial charge in [0.25, 0.3) is 0 Å². The molecule has 1 amide bonds. The fourth-order valence-corrected chi connectivity index (χ4v) is 2.81. The number of hydrogen-bond acceptors (Lipinski definition) is 6. The smallest absolute Gasteiger partial charge is 0.221 e. The van der Waals surface area contributed by atoms with E-state index in [4.69, 9.17) is 4.74 Å². The van der Waals surface area contributed by atoms with Gasteiger partial charge in [0.2, 0.25) is 5.91 Å². The minimum Gasteiger partial charge on any atom is -0.504 e. The summed E-state index contributed by atoms with van der Waals surface area (Å²) in [5, 5.41) is 15.9. The highest BCUT2D eigenvalue weighted by Gasteiger charge is 2.10. The zero-order chi connectivity index (χ0) is 20.1. The van der Waals surface area contributed by atoms with Gasteiger partial charge in [-0.1, -0.05) is 12.1 Å². The predicted molar refractivity (Wildman–Crippen MR) is 108 cm³/mol. The van der Waals surface area contributed by atoms with Crippen LogP contribution in [-0.2, 0) is 4.79 Å². The van der Waals surface area contributed by atoms with Crippen LogP contribution in [0.1, 0.15) is 25.5 Å². The normalized spacial score (nSPS) is 11.5. The number of hydrogen-bond donors (Lipinski definition) is 3. The minimum atomic E-state index is -0.111. The van der Waals surface area contributed by atoms with E-state index < -0.39 is 0 Å². The first-order valence-electron chi connectivity index (χ1n) is 8.80. The van der Waals surface area contributed by atoms with E-state index in [9.17, 15) is 9.90 Å². The van der Waals surface area contributed by atoms with Crippen LogP contribution in [0.4, 0.5) is 11.5 Å². The number of amides is 1. The van der Waals surface area contributed by atoms with E-state index >= 15 is 0 Å². The van der Waals surface area contributed by atoms with Gasteiger partial charge in [0, 0.05) is 18.2 Å². The molecule has 1 unspecified atom stereocenters. The Bertz CT molecular complexity index is 991. The van der Waals surface area contributed by atoms with Crippen molar-refractivity contribution in [2.45, 2.75) is 19.9 Å². The highest BCUT2D eigenvalue weighted by Crippen LogP contribution is 2.31. The maximum Gasteiger partial charge on any atom is 0.221 e. The Kier molecular flexibility index (Phi) is 5.74. The summed E-state index contributed by atoms with van der Waals surface area (Å²) >= 11 is 0. The van der Waals surface area contributed by atoms with Crippen LogP contribution in [-0.4, -0.2) is 28.1 Å². The van der Waals surface area contributed by atoms with E-state index in [0.29, 0.717) is 17.3 Å². The predicted octanol–water partition coefficient (Wildman–Crippen LogP) is 3.99. The van der Waals surface area contributed by atoms with Crippen LogP contribution >= 0.6 is 0 Å². The van der Waals surface area contributed by atoms with Crippen LogP contribution in [0.25, 0.3) is 11.3 Å². The van der Waals surface area contributed by atoms with Crippen molar-refractivity contribution in [3.05, 3.63) is 60.4 Å². The first-order valence-corrected chi connectivity index (χ1v) is 8.80. The quantitative estimate of drug-likeness (QED) is 0.600. The number of anilines is 2. The number of carbonyl (C=O) groups is 1. The summed E-state index contributed by atoms with van der Waals surface area (Å²) in [5.41, 5.74) is 3.19. The first kappa shape index (κ1) is 19.2. The van der Waals surface area contributed by atoms with Crippen LogP contribution in [0, 0.1) is 0 Å². The van der Waals surface area contributed by atoms with Gasteiger partial charge in [-0.25, -0.2) is 4.98 Å². The van der Waals surface area contributed by atoms with Crippen molar-refractivity contribution in [1.29, 1.82) is 0 Å². The molecule has 3 rings (SSSR count). The molecule has 0 saturated carbocycles. The highest BCUT2D eigenvalue weighted by molar-refractivity contribution is 5.88. The summed E-state index contributed by atoms with van der Waals surface area (Å²) in [7, 11) is 1.50. The van der Waals surface area contributed by atoms with E-state index in [-0.39, 0.29) is 17.7 Å². The molecule has 3 N–H and O–H groups in total. The lowest BCUT2D eigenvalue weighted by Crippen LogP contribution is -2.10. The molecule has 1 atom stereocenters. The molecule has 0 aliphatic rings. The van der Waals surface area contributed by atoms with Gasteiger partial charge in [-0.15, -0.1) is 0 Å². The standard InChI is InChI=1S/C21H22N4O3/c1-13(15-5-4-6-17(9-15)24-14(2)26)23-21-12-22-11-18(25-21)16-7-8-19(27)20(10-16)28-3/h4-13,27H,1-3H3,(H,23,25)(H,24,26). The highest BCUT2D eigenvalue weighted by atomic mass is 16.5. The SMILES string of the molecule is COc1cc(-c2cncc(NC(C)c3cccc(NC(C)=O)c3)n2)ccc1O. The number of aromatic hydroxyl groups is 1. The molecule has 144 valence electrons. The minimum absolute atomic E-state index is 0.0485. The van der Waals surface area contributed by atoms with Gasteiger partial charge in [-0.3, -0.25) is 9.78 Å². The van der Waals surface area contributed by atoms with Gasteiger partial charge in [0.15, 0.2) is 11.5 Å². The lowest BCUT2D eigenvalue weighted by molar-refractivity contribution is -0.114. The van der Waals surface area contributed by atoms with E-state index in [0.717, 1.165) is 16.8 Å². The number of nitrogens with zero attached hydrogens (tertiary/aromatic N) is 2. The molecular weight excluding hydrogens is 356 g/mol. The molecular formula is C21H22N4O3. The second-order valence-electron chi connectivity index (χ2n) is 6.35. The van der Waals surface area contributed by atoms with Crippen molar-refractivity contribution >= 4 is 17.4 Å². The molecule has 0 spiro atoms. The number of methoxy groups -OCH3 is 1. The molecule has 1 heterocycles. The molecule has 0 aliphatic carbocycles. The van der Waals surface area contributed by atoms with Gasteiger partial charge < -0.3 is 20.5 Å². The number of ether oxygens (including phenoxy) is 1. The summed E-state index contributed by atoms with van der Waals surface area (Å²) in [6, 6.07) is 12.6.